The lowest BCUT2D eigenvalue weighted by atomic mass is 10.2. The maximum absolute atomic E-state index is 12.5. The summed E-state index contributed by atoms with van der Waals surface area (Å²) in [4.78, 5) is 1.98. The van der Waals surface area contributed by atoms with Crippen molar-refractivity contribution in [3.05, 3.63) is 65.4 Å². The number of nitrogens with zero attached hydrogens (tertiary/aromatic N) is 1. The Hall–Kier alpha value is -1.86. The van der Waals surface area contributed by atoms with E-state index in [0.717, 1.165) is 11.0 Å². The van der Waals surface area contributed by atoms with Gasteiger partial charge in [0.1, 0.15) is 16.2 Å². The summed E-state index contributed by atoms with van der Waals surface area (Å²) in [5.41, 5.74) is 0.776. The van der Waals surface area contributed by atoms with Crippen LogP contribution < -0.4 is 4.72 Å². The molecule has 0 radical (unpaired) electrons. The first-order valence-corrected chi connectivity index (χ1v) is 9.64. The molecule has 0 fully saturated rings. The number of sulfonamides is 1. The third-order valence-corrected chi connectivity index (χ3v) is 5.91. The second-order valence-corrected chi connectivity index (χ2v) is 8.09. The molecule has 5 nitrogen and oxygen atoms in total. The number of furan rings is 1. The maximum Gasteiger partial charge on any atom is 0.242 e. The van der Waals surface area contributed by atoms with E-state index >= 15 is 0 Å². The minimum atomic E-state index is -3.71. The van der Waals surface area contributed by atoms with Gasteiger partial charge >= 0.3 is 0 Å². The highest BCUT2D eigenvalue weighted by molar-refractivity contribution is 7.89. The third kappa shape index (κ3) is 3.88. The van der Waals surface area contributed by atoms with Gasteiger partial charge in [-0.15, -0.1) is 0 Å². The molecule has 0 spiro atoms. The molecular weight excluding hydrogens is 360 g/mol. The molecule has 7 heteroatoms. The SMILES string of the molecule is CN(C)[C@H](CNS(=O)(=O)c1ccccc1Cl)c1cc2ccccc2o1. The van der Waals surface area contributed by atoms with Crippen LogP contribution in [-0.2, 0) is 10.0 Å². The lowest BCUT2D eigenvalue weighted by Crippen LogP contribution is -2.34. The van der Waals surface area contributed by atoms with Crippen LogP contribution >= 0.6 is 11.6 Å². The van der Waals surface area contributed by atoms with Crippen LogP contribution in [0.25, 0.3) is 11.0 Å². The molecule has 0 amide bonds. The minimum Gasteiger partial charge on any atom is -0.459 e. The highest BCUT2D eigenvalue weighted by atomic mass is 35.5. The Bertz CT molecular complexity index is 950. The van der Waals surface area contributed by atoms with Crippen LogP contribution in [0.1, 0.15) is 11.8 Å². The lowest BCUT2D eigenvalue weighted by Gasteiger charge is -2.22. The number of fused-ring (bicyclic) bond motifs is 1. The second-order valence-electron chi connectivity index (χ2n) is 5.95. The Kier molecular flexibility index (Phi) is 5.15. The Morgan fingerprint density at radius 2 is 1.80 bits per heavy atom. The van der Waals surface area contributed by atoms with E-state index in [1.54, 1.807) is 18.2 Å². The Morgan fingerprint density at radius 1 is 1.12 bits per heavy atom. The fourth-order valence-electron chi connectivity index (χ4n) is 2.63. The van der Waals surface area contributed by atoms with Crippen molar-refractivity contribution in [2.45, 2.75) is 10.9 Å². The number of para-hydroxylation sites is 1. The van der Waals surface area contributed by atoms with Crippen molar-refractivity contribution >= 4 is 32.6 Å². The molecule has 132 valence electrons. The lowest BCUT2D eigenvalue weighted by molar-refractivity contribution is 0.264. The summed E-state index contributed by atoms with van der Waals surface area (Å²) in [6.07, 6.45) is 0. The van der Waals surface area contributed by atoms with Crippen LogP contribution in [0.2, 0.25) is 5.02 Å². The number of rotatable bonds is 6. The van der Waals surface area contributed by atoms with Crippen molar-refractivity contribution in [2.24, 2.45) is 0 Å². The standard InChI is InChI=1S/C18H19ClN2O3S/c1-21(2)15(17-11-13-7-3-5-9-16(13)24-17)12-20-25(22,23)18-10-6-4-8-14(18)19/h3-11,15,20H,12H2,1-2H3/t15-/m1/s1. The van der Waals surface area contributed by atoms with E-state index in [0.29, 0.717) is 5.76 Å². The van der Waals surface area contributed by atoms with Crippen molar-refractivity contribution in [1.29, 1.82) is 0 Å². The quantitative estimate of drug-likeness (QED) is 0.710. The van der Waals surface area contributed by atoms with E-state index in [1.807, 2.05) is 49.3 Å². The third-order valence-electron chi connectivity index (χ3n) is 3.99. The van der Waals surface area contributed by atoms with E-state index in [1.165, 1.54) is 6.07 Å². The first-order chi connectivity index (χ1) is 11.9. The highest BCUT2D eigenvalue weighted by Crippen LogP contribution is 2.27. The van der Waals surface area contributed by atoms with Crippen LogP contribution in [0.3, 0.4) is 0 Å². The molecule has 3 rings (SSSR count). The summed E-state index contributed by atoms with van der Waals surface area (Å²) in [6, 6.07) is 15.8. The molecule has 0 saturated carbocycles. The molecule has 0 unspecified atom stereocenters. The average molecular weight is 379 g/mol. The molecular formula is C18H19ClN2O3S. The predicted molar refractivity (Wildman–Crippen MR) is 99.3 cm³/mol. The molecule has 3 aromatic rings. The van der Waals surface area contributed by atoms with Gasteiger partial charge in [0, 0.05) is 11.9 Å². The predicted octanol–water partition coefficient (Wildman–Crippen LogP) is 3.67. The molecule has 1 aromatic heterocycles. The van der Waals surface area contributed by atoms with Crippen LogP contribution in [0, 0.1) is 0 Å². The van der Waals surface area contributed by atoms with Gasteiger partial charge in [-0.25, -0.2) is 13.1 Å². The van der Waals surface area contributed by atoms with E-state index in [2.05, 4.69) is 4.72 Å². The summed E-state index contributed by atoms with van der Waals surface area (Å²) in [6.45, 7) is 0.167. The van der Waals surface area contributed by atoms with E-state index in [4.69, 9.17) is 16.0 Å². The number of hydrogen-bond acceptors (Lipinski definition) is 4. The summed E-state index contributed by atoms with van der Waals surface area (Å²) in [7, 11) is 0.0454. The smallest absolute Gasteiger partial charge is 0.242 e. The zero-order valence-electron chi connectivity index (χ0n) is 13.9. The molecule has 0 aliphatic carbocycles. The zero-order valence-corrected chi connectivity index (χ0v) is 15.5. The molecule has 2 aromatic carbocycles. The summed E-state index contributed by atoms with van der Waals surface area (Å²) in [5, 5.41) is 1.18. The first kappa shape index (κ1) is 17.9. The van der Waals surface area contributed by atoms with Gasteiger partial charge in [0.2, 0.25) is 10.0 Å². The number of likely N-dealkylation sites (N-methyl/N-ethyl adjacent to an activating group) is 1. The largest absolute Gasteiger partial charge is 0.459 e. The molecule has 1 atom stereocenters. The molecule has 0 aliphatic heterocycles. The fourth-order valence-corrected chi connectivity index (χ4v) is 4.19. The minimum absolute atomic E-state index is 0.0683. The molecule has 1 heterocycles. The van der Waals surface area contributed by atoms with Crippen LogP contribution in [0.15, 0.2) is 63.9 Å². The summed E-state index contributed by atoms with van der Waals surface area (Å²) >= 11 is 6.01. The molecule has 0 aliphatic rings. The van der Waals surface area contributed by atoms with Gasteiger partial charge in [-0.2, -0.15) is 0 Å². The van der Waals surface area contributed by atoms with Crippen molar-refractivity contribution in [3.63, 3.8) is 0 Å². The zero-order chi connectivity index (χ0) is 18.0. The Balaban J connectivity index is 1.84. The monoisotopic (exact) mass is 378 g/mol. The Labute approximate surface area is 152 Å². The first-order valence-electron chi connectivity index (χ1n) is 7.77. The number of halogens is 1. The van der Waals surface area contributed by atoms with Crippen LogP contribution in [-0.4, -0.2) is 34.0 Å². The van der Waals surface area contributed by atoms with E-state index < -0.39 is 10.0 Å². The number of nitrogens with one attached hydrogen (secondary N) is 1. The summed E-state index contributed by atoms with van der Waals surface area (Å²) in [5.74, 6) is 0.702. The van der Waals surface area contributed by atoms with E-state index in [-0.39, 0.29) is 22.5 Å². The van der Waals surface area contributed by atoms with Crippen molar-refractivity contribution in [1.82, 2.24) is 9.62 Å². The second kappa shape index (κ2) is 7.17. The molecule has 0 bridgehead atoms. The van der Waals surface area contributed by atoms with Gasteiger partial charge in [0.25, 0.3) is 0 Å². The van der Waals surface area contributed by atoms with Gasteiger partial charge in [0.15, 0.2) is 0 Å². The van der Waals surface area contributed by atoms with Crippen molar-refractivity contribution in [2.75, 3.05) is 20.6 Å². The number of benzene rings is 2. The van der Waals surface area contributed by atoms with Crippen LogP contribution in [0.4, 0.5) is 0 Å². The molecule has 1 N–H and O–H groups in total. The van der Waals surface area contributed by atoms with Gasteiger partial charge in [-0.05, 0) is 38.4 Å². The number of hydrogen-bond donors (Lipinski definition) is 1. The normalized spacial score (nSPS) is 13.4. The van der Waals surface area contributed by atoms with Gasteiger partial charge in [-0.3, -0.25) is 4.90 Å². The average Bonchev–Trinajstić information content (AvgIpc) is 2.98. The van der Waals surface area contributed by atoms with Gasteiger partial charge < -0.3 is 4.42 Å². The maximum atomic E-state index is 12.5. The Morgan fingerprint density at radius 3 is 2.48 bits per heavy atom. The van der Waals surface area contributed by atoms with Crippen LogP contribution in [0.5, 0.6) is 0 Å². The molecule has 0 saturated heterocycles. The van der Waals surface area contributed by atoms with E-state index in [9.17, 15) is 8.42 Å². The summed E-state index contributed by atoms with van der Waals surface area (Å²) < 4.78 is 33.6. The highest BCUT2D eigenvalue weighted by Gasteiger charge is 2.23. The van der Waals surface area contributed by atoms with Crippen molar-refractivity contribution in [3.8, 4) is 0 Å². The molecule has 25 heavy (non-hydrogen) atoms. The fraction of sp³-hybridized carbons (Fsp3) is 0.222. The van der Waals surface area contributed by atoms with Crippen molar-refractivity contribution < 1.29 is 12.8 Å². The van der Waals surface area contributed by atoms with Gasteiger partial charge in [0.05, 0.1) is 11.1 Å². The topological polar surface area (TPSA) is 62.6 Å². The van der Waals surface area contributed by atoms with Gasteiger partial charge in [-0.1, -0.05) is 41.9 Å².